The van der Waals surface area contributed by atoms with E-state index in [0.717, 1.165) is 44.1 Å². The molecule has 1 aromatic carbocycles. The van der Waals surface area contributed by atoms with Gasteiger partial charge >= 0.3 is 0 Å². The summed E-state index contributed by atoms with van der Waals surface area (Å²) in [5.74, 6) is 2.17. The summed E-state index contributed by atoms with van der Waals surface area (Å²) in [4.78, 5) is 0. The second-order valence-corrected chi connectivity index (χ2v) is 5.18. The van der Waals surface area contributed by atoms with Gasteiger partial charge in [-0.25, -0.2) is 0 Å². The lowest BCUT2D eigenvalue weighted by Crippen LogP contribution is -2.38. The standard InChI is InChI=1S/C16H25NO3/c1-4-17-14(13-7-8-20-11-13)9-12-5-6-15(18-2)16(10-12)19-3/h5-6,10,13-14,17H,4,7-9,11H2,1-3H3. The van der Waals surface area contributed by atoms with E-state index in [1.54, 1.807) is 14.2 Å². The van der Waals surface area contributed by atoms with Gasteiger partial charge in [-0.3, -0.25) is 0 Å². The first kappa shape index (κ1) is 15.1. The quantitative estimate of drug-likeness (QED) is 0.831. The summed E-state index contributed by atoms with van der Waals surface area (Å²) >= 11 is 0. The van der Waals surface area contributed by atoms with Crippen LogP contribution in [0.15, 0.2) is 18.2 Å². The van der Waals surface area contributed by atoms with E-state index in [-0.39, 0.29) is 0 Å². The molecule has 0 spiro atoms. The van der Waals surface area contributed by atoms with Gasteiger partial charge in [0.2, 0.25) is 0 Å². The molecule has 2 rings (SSSR count). The zero-order chi connectivity index (χ0) is 14.4. The van der Waals surface area contributed by atoms with E-state index in [4.69, 9.17) is 14.2 Å². The number of ether oxygens (including phenoxy) is 3. The molecular weight excluding hydrogens is 254 g/mol. The van der Waals surface area contributed by atoms with Crippen LogP contribution < -0.4 is 14.8 Å². The van der Waals surface area contributed by atoms with Crippen LogP contribution in [0.2, 0.25) is 0 Å². The van der Waals surface area contributed by atoms with Gasteiger partial charge < -0.3 is 19.5 Å². The first-order valence-electron chi connectivity index (χ1n) is 7.30. The molecule has 1 saturated heterocycles. The van der Waals surface area contributed by atoms with Crippen molar-refractivity contribution in [2.24, 2.45) is 5.92 Å². The molecule has 1 aliphatic heterocycles. The largest absolute Gasteiger partial charge is 0.493 e. The molecule has 2 unspecified atom stereocenters. The highest BCUT2D eigenvalue weighted by molar-refractivity contribution is 5.43. The second-order valence-electron chi connectivity index (χ2n) is 5.18. The third-order valence-electron chi connectivity index (χ3n) is 3.90. The van der Waals surface area contributed by atoms with Crippen molar-refractivity contribution in [3.05, 3.63) is 23.8 Å². The van der Waals surface area contributed by atoms with Gasteiger partial charge in [0.1, 0.15) is 0 Å². The molecule has 0 amide bonds. The van der Waals surface area contributed by atoms with Crippen LogP contribution in [-0.2, 0) is 11.2 Å². The predicted molar refractivity (Wildman–Crippen MR) is 79.6 cm³/mol. The minimum absolute atomic E-state index is 0.459. The molecular formula is C16H25NO3. The van der Waals surface area contributed by atoms with E-state index in [9.17, 15) is 0 Å². The van der Waals surface area contributed by atoms with Crippen molar-refractivity contribution < 1.29 is 14.2 Å². The summed E-state index contributed by atoms with van der Waals surface area (Å²) in [7, 11) is 3.34. The van der Waals surface area contributed by atoms with Gasteiger partial charge in [-0.2, -0.15) is 0 Å². The Morgan fingerprint density at radius 2 is 2.10 bits per heavy atom. The van der Waals surface area contributed by atoms with Crippen molar-refractivity contribution >= 4 is 0 Å². The Labute approximate surface area is 121 Å². The number of nitrogens with one attached hydrogen (secondary N) is 1. The molecule has 20 heavy (non-hydrogen) atoms. The monoisotopic (exact) mass is 279 g/mol. The van der Waals surface area contributed by atoms with Gasteiger partial charge in [-0.1, -0.05) is 13.0 Å². The zero-order valence-corrected chi connectivity index (χ0v) is 12.6. The normalized spacial score (nSPS) is 19.9. The third kappa shape index (κ3) is 3.64. The molecule has 0 radical (unpaired) electrons. The number of rotatable bonds is 7. The van der Waals surface area contributed by atoms with E-state index in [1.165, 1.54) is 5.56 Å². The summed E-state index contributed by atoms with van der Waals surface area (Å²) in [5, 5.41) is 3.59. The summed E-state index contributed by atoms with van der Waals surface area (Å²) in [6, 6.07) is 6.61. The predicted octanol–water partition coefficient (Wildman–Crippen LogP) is 2.26. The van der Waals surface area contributed by atoms with Gasteiger partial charge in [0, 0.05) is 18.6 Å². The highest BCUT2D eigenvalue weighted by Gasteiger charge is 2.25. The highest BCUT2D eigenvalue weighted by atomic mass is 16.5. The molecule has 4 heteroatoms. The fourth-order valence-corrected chi connectivity index (χ4v) is 2.80. The van der Waals surface area contributed by atoms with Crippen molar-refractivity contribution in [1.82, 2.24) is 5.32 Å². The van der Waals surface area contributed by atoms with Crippen LogP contribution in [0.4, 0.5) is 0 Å². The number of hydrogen-bond acceptors (Lipinski definition) is 4. The third-order valence-corrected chi connectivity index (χ3v) is 3.90. The molecule has 1 N–H and O–H groups in total. The molecule has 0 aromatic heterocycles. The van der Waals surface area contributed by atoms with E-state index < -0.39 is 0 Å². The summed E-state index contributed by atoms with van der Waals surface area (Å²) in [5.41, 5.74) is 1.26. The zero-order valence-electron chi connectivity index (χ0n) is 12.6. The average molecular weight is 279 g/mol. The minimum Gasteiger partial charge on any atom is -0.493 e. The molecule has 112 valence electrons. The maximum atomic E-state index is 5.52. The van der Waals surface area contributed by atoms with Gasteiger partial charge in [-0.15, -0.1) is 0 Å². The molecule has 1 heterocycles. The van der Waals surface area contributed by atoms with Crippen LogP contribution in [-0.4, -0.2) is 40.0 Å². The van der Waals surface area contributed by atoms with Gasteiger partial charge in [0.05, 0.1) is 20.8 Å². The maximum absolute atomic E-state index is 5.52. The lowest BCUT2D eigenvalue weighted by molar-refractivity contribution is 0.176. The van der Waals surface area contributed by atoms with Crippen molar-refractivity contribution in [3.8, 4) is 11.5 Å². The van der Waals surface area contributed by atoms with Crippen LogP contribution in [0.25, 0.3) is 0 Å². The second kappa shape index (κ2) is 7.50. The van der Waals surface area contributed by atoms with E-state index in [2.05, 4.69) is 24.4 Å². The first-order chi connectivity index (χ1) is 9.78. The molecule has 0 saturated carbocycles. The summed E-state index contributed by atoms with van der Waals surface area (Å²) in [6.07, 6.45) is 2.13. The van der Waals surface area contributed by atoms with Crippen molar-refractivity contribution in [1.29, 1.82) is 0 Å². The Hall–Kier alpha value is -1.26. The van der Waals surface area contributed by atoms with E-state index in [1.807, 2.05) is 6.07 Å². The molecule has 1 aliphatic rings. The fraction of sp³-hybridized carbons (Fsp3) is 0.625. The van der Waals surface area contributed by atoms with Crippen LogP contribution in [0.5, 0.6) is 11.5 Å². The highest BCUT2D eigenvalue weighted by Crippen LogP contribution is 2.29. The van der Waals surface area contributed by atoms with Gasteiger partial charge in [0.15, 0.2) is 11.5 Å². The Morgan fingerprint density at radius 3 is 2.70 bits per heavy atom. The molecule has 1 aromatic rings. The topological polar surface area (TPSA) is 39.7 Å². The lowest BCUT2D eigenvalue weighted by Gasteiger charge is -2.23. The Balaban J connectivity index is 2.09. The molecule has 2 atom stereocenters. The van der Waals surface area contributed by atoms with Crippen molar-refractivity contribution in [2.75, 3.05) is 34.0 Å². The van der Waals surface area contributed by atoms with Crippen LogP contribution in [0.1, 0.15) is 18.9 Å². The smallest absolute Gasteiger partial charge is 0.160 e. The number of methoxy groups -OCH3 is 2. The minimum atomic E-state index is 0.459. The molecule has 0 aliphatic carbocycles. The number of hydrogen-bond donors (Lipinski definition) is 1. The Bertz CT molecular complexity index is 416. The van der Waals surface area contributed by atoms with Crippen molar-refractivity contribution in [2.45, 2.75) is 25.8 Å². The summed E-state index contributed by atoms with van der Waals surface area (Å²) < 4.78 is 16.2. The Morgan fingerprint density at radius 1 is 1.30 bits per heavy atom. The maximum Gasteiger partial charge on any atom is 0.160 e. The lowest BCUT2D eigenvalue weighted by atomic mass is 9.92. The molecule has 4 nitrogen and oxygen atoms in total. The SMILES string of the molecule is CCNC(Cc1ccc(OC)c(OC)c1)C1CCOC1. The van der Waals surface area contributed by atoms with Crippen LogP contribution in [0.3, 0.4) is 0 Å². The van der Waals surface area contributed by atoms with Gasteiger partial charge in [-0.05, 0) is 37.1 Å². The number of benzene rings is 1. The molecule has 0 bridgehead atoms. The average Bonchev–Trinajstić information content (AvgIpc) is 3.00. The van der Waals surface area contributed by atoms with Crippen molar-refractivity contribution in [3.63, 3.8) is 0 Å². The number of likely N-dealkylation sites (N-methyl/N-ethyl adjacent to an activating group) is 1. The Kier molecular flexibility index (Phi) is 5.68. The summed E-state index contributed by atoms with van der Waals surface area (Å²) in [6.45, 7) is 4.88. The fourth-order valence-electron chi connectivity index (χ4n) is 2.80. The molecule has 1 fully saturated rings. The van der Waals surface area contributed by atoms with E-state index >= 15 is 0 Å². The van der Waals surface area contributed by atoms with Crippen LogP contribution in [0, 0.1) is 5.92 Å². The van der Waals surface area contributed by atoms with Gasteiger partial charge in [0.25, 0.3) is 0 Å². The van der Waals surface area contributed by atoms with Crippen LogP contribution >= 0.6 is 0 Å². The first-order valence-corrected chi connectivity index (χ1v) is 7.30. The van der Waals surface area contributed by atoms with E-state index in [0.29, 0.717) is 12.0 Å².